The van der Waals surface area contributed by atoms with Gasteiger partial charge in [-0.3, -0.25) is 0 Å². The molecule has 0 saturated heterocycles. The van der Waals surface area contributed by atoms with Gasteiger partial charge in [0.2, 0.25) is 0 Å². The van der Waals surface area contributed by atoms with E-state index in [1.807, 2.05) is 7.11 Å². The predicted molar refractivity (Wildman–Crippen MR) is 47.7 cm³/mol. The molecule has 2 saturated carbocycles. The highest BCUT2D eigenvalue weighted by Gasteiger charge is 2.51. The first-order chi connectivity index (χ1) is 5.90. The van der Waals surface area contributed by atoms with Crippen molar-refractivity contribution in [3.05, 3.63) is 12.2 Å². The minimum absolute atomic E-state index is 0.579. The van der Waals surface area contributed by atoms with Crippen LogP contribution in [0, 0.1) is 23.7 Å². The van der Waals surface area contributed by atoms with Crippen LogP contribution in [0.5, 0.6) is 0 Å². The Morgan fingerprint density at radius 3 is 2.83 bits per heavy atom. The topological polar surface area (TPSA) is 9.23 Å². The fraction of sp³-hybridized carbons (Fsp3) is 0.818. The third kappa shape index (κ3) is 0.731. The SMILES string of the molecule is COC1CCC2C3C=CC(C3)C12. The van der Waals surface area contributed by atoms with Crippen LogP contribution in [0.15, 0.2) is 12.2 Å². The Morgan fingerprint density at radius 2 is 2.00 bits per heavy atom. The summed E-state index contributed by atoms with van der Waals surface area (Å²) in [6.45, 7) is 0. The molecule has 0 aromatic rings. The van der Waals surface area contributed by atoms with Crippen LogP contribution in [-0.4, -0.2) is 13.2 Å². The molecule has 0 radical (unpaired) electrons. The van der Waals surface area contributed by atoms with Gasteiger partial charge in [0.05, 0.1) is 6.10 Å². The van der Waals surface area contributed by atoms with Crippen molar-refractivity contribution in [3.8, 4) is 0 Å². The van der Waals surface area contributed by atoms with E-state index in [1.165, 1.54) is 19.3 Å². The molecule has 3 rings (SSSR count). The van der Waals surface area contributed by atoms with Crippen molar-refractivity contribution >= 4 is 0 Å². The summed E-state index contributed by atoms with van der Waals surface area (Å²) in [5, 5.41) is 0. The van der Waals surface area contributed by atoms with Crippen molar-refractivity contribution in [2.24, 2.45) is 23.7 Å². The molecule has 0 aromatic carbocycles. The molecule has 0 spiro atoms. The summed E-state index contributed by atoms with van der Waals surface area (Å²) in [7, 11) is 1.88. The third-order valence-corrected chi connectivity index (χ3v) is 4.21. The average Bonchev–Trinajstić information content (AvgIpc) is 2.76. The molecule has 5 atom stereocenters. The minimum atomic E-state index is 0.579. The summed E-state index contributed by atoms with van der Waals surface area (Å²) in [5.74, 6) is 3.64. The van der Waals surface area contributed by atoms with Crippen molar-refractivity contribution in [2.45, 2.75) is 25.4 Å². The van der Waals surface area contributed by atoms with E-state index in [0.29, 0.717) is 6.10 Å². The number of hydrogen-bond acceptors (Lipinski definition) is 1. The second-order valence-electron chi connectivity index (χ2n) is 4.54. The summed E-state index contributed by atoms with van der Waals surface area (Å²) >= 11 is 0. The van der Waals surface area contributed by atoms with E-state index >= 15 is 0 Å². The predicted octanol–water partition coefficient (Wildman–Crippen LogP) is 2.23. The maximum atomic E-state index is 5.54. The Kier molecular flexibility index (Phi) is 1.40. The van der Waals surface area contributed by atoms with Crippen LogP contribution >= 0.6 is 0 Å². The van der Waals surface area contributed by atoms with E-state index in [1.54, 1.807) is 0 Å². The van der Waals surface area contributed by atoms with Gasteiger partial charge in [-0.2, -0.15) is 0 Å². The Morgan fingerprint density at radius 1 is 1.17 bits per heavy atom. The lowest BCUT2D eigenvalue weighted by Crippen LogP contribution is -2.24. The van der Waals surface area contributed by atoms with Gasteiger partial charge < -0.3 is 4.74 Å². The van der Waals surface area contributed by atoms with E-state index in [2.05, 4.69) is 12.2 Å². The van der Waals surface area contributed by atoms with Gasteiger partial charge in [0, 0.05) is 7.11 Å². The zero-order valence-corrected chi connectivity index (χ0v) is 7.57. The largest absolute Gasteiger partial charge is 0.381 e. The standard InChI is InChI=1S/C11H16O/c1-12-10-5-4-9-7-2-3-8(6-7)11(9)10/h2-3,7-11H,4-6H2,1H3. The van der Waals surface area contributed by atoms with E-state index in [0.717, 1.165) is 23.7 Å². The molecule has 12 heavy (non-hydrogen) atoms. The van der Waals surface area contributed by atoms with E-state index < -0.39 is 0 Å². The van der Waals surface area contributed by atoms with Crippen LogP contribution in [0.25, 0.3) is 0 Å². The molecule has 0 N–H and O–H groups in total. The monoisotopic (exact) mass is 164 g/mol. The molecule has 1 heteroatoms. The van der Waals surface area contributed by atoms with Gasteiger partial charge in [-0.1, -0.05) is 12.2 Å². The number of hydrogen-bond donors (Lipinski definition) is 0. The van der Waals surface area contributed by atoms with Crippen LogP contribution in [0.4, 0.5) is 0 Å². The van der Waals surface area contributed by atoms with Crippen molar-refractivity contribution in [1.29, 1.82) is 0 Å². The first kappa shape index (κ1) is 7.14. The molecule has 0 amide bonds. The van der Waals surface area contributed by atoms with Crippen molar-refractivity contribution in [2.75, 3.05) is 7.11 Å². The number of allylic oxidation sites excluding steroid dienone is 2. The Balaban J connectivity index is 1.89. The number of fused-ring (bicyclic) bond motifs is 5. The average molecular weight is 164 g/mol. The zero-order chi connectivity index (χ0) is 8.13. The molecule has 0 aromatic heterocycles. The molecule has 1 nitrogen and oxygen atoms in total. The highest BCUT2D eigenvalue weighted by molar-refractivity contribution is 5.16. The Labute approximate surface area is 73.8 Å². The van der Waals surface area contributed by atoms with Crippen LogP contribution in [0.2, 0.25) is 0 Å². The van der Waals surface area contributed by atoms with Gasteiger partial charge in [-0.25, -0.2) is 0 Å². The smallest absolute Gasteiger partial charge is 0.0608 e. The fourth-order valence-electron chi connectivity index (χ4n) is 3.74. The van der Waals surface area contributed by atoms with Crippen molar-refractivity contribution < 1.29 is 4.74 Å². The number of rotatable bonds is 1. The third-order valence-electron chi connectivity index (χ3n) is 4.21. The van der Waals surface area contributed by atoms with E-state index in [4.69, 9.17) is 4.74 Å². The van der Waals surface area contributed by atoms with Crippen molar-refractivity contribution in [1.82, 2.24) is 0 Å². The summed E-state index contributed by atoms with van der Waals surface area (Å²) in [6, 6.07) is 0. The maximum Gasteiger partial charge on any atom is 0.0608 e. The minimum Gasteiger partial charge on any atom is -0.381 e. The molecular formula is C11H16O. The van der Waals surface area contributed by atoms with Gasteiger partial charge in [-0.15, -0.1) is 0 Å². The number of methoxy groups -OCH3 is 1. The van der Waals surface area contributed by atoms with Crippen LogP contribution in [-0.2, 0) is 4.74 Å². The highest BCUT2D eigenvalue weighted by atomic mass is 16.5. The van der Waals surface area contributed by atoms with Crippen LogP contribution in [0.3, 0.4) is 0 Å². The van der Waals surface area contributed by atoms with Crippen LogP contribution < -0.4 is 0 Å². The first-order valence-corrected chi connectivity index (χ1v) is 5.11. The first-order valence-electron chi connectivity index (χ1n) is 5.11. The summed E-state index contributed by atoms with van der Waals surface area (Å²) in [6.07, 6.45) is 9.60. The van der Waals surface area contributed by atoms with Crippen molar-refractivity contribution in [3.63, 3.8) is 0 Å². The lowest BCUT2D eigenvalue weighted by molar-refractivity contribution is 0.0542. The normalized spacial score (nSPS) is 54.9. The van der Waals surface area contributed by atoms with Gasteiger partial charge in [0.25, 0.3) is 0 Å². The Hall–Kier alpha value is -0.300. The van der Waals surface area contributed by atoms with Gasteiger partial charge in [0.15, 0.2) is 0 Å². The van der Waals surface area contributed by atoms with E-state index in [9.17, 15) is 0 Å². The van der Waals surface area contributed by atoms with Gasteiger partial charge in [-0.05, 0) is 42.9 Å². The van der Waals surface area contributed by atoms with Gasteiger partial charge in [0.1, 0.15) is 0 Å². The summed E-state index contributed by atoms with van der Waals surface area (Å²) < 4.78 is 5.54. The molecule has 0 heterocycles. The van der Waals surface area contributed by atoms with Gasteiger partial charge >= 0.3 is 0 Å². The molecule has 2 fully saturated rings. The highest BCUT2D eigenvalue weighted by Crippen LogP contribution is 2.55. The maximum absolute atomic E-state index is 5.54. The lowest BCUT2D eigenvalue weighted by Gasteiger charge is -2.24. The molecule has 66 valence electrons. The molecule has 0 aliphatic heterocycles. The second kappa shape index (κ2) is 2.35. The summed E-state index contributed by atoms with van der Waals surface area (Å²) in [4.78, 5) is 0. The fourth-order valence-corrected chi connectivity index (χ4v) is 3.74. The zero-order valence-electron chi connectivity index (χ0n) is 7.57. The molecule has 3 aliphatic carbocycles. The Bertz CT molecular complexity index is 221. The summed E-state index contributed by atoms with van der Waals surface area (Å²) in [5.41, 5.74) is 0. The quantitative estimate of drug-likeness (QED) is 0.540. The molecule has 5 unspecified atom stereocenters. The molecular weight excluding hydrogens is 148 g/mol. The van der Waals surface area contributed by atoms with E-state index in [-0.39, 0.29) is 0 Å². The molecule has 3 aliphatic rings. The second-order valence-corrected chi connectivity index (χ2v) is 4.54. The lowest BCUT2D eigenvalue weighted by atomic mass is 9.85. The van der Waals surface area contributed by atoms with Crippen LogP contribution in [0.1, 0.15) is 19.3 Å². The number of ether oxygens (including phenoxy) is 1. The molecule has 2 bridgehead atoms.